The molecule has 0 bridgehead atoms. The van der Waals surface area contributed by atoms with E-state index in [2.05, 4.69) is 5.32 Å². The van der Waals surface area contributed by atoms with Crippen molar-refractivity contribution in [2.24, 2.45) is 14.1 Å². The van der Waals surface area contributed by atoms with Crippen LogP contribution in [0.1, 0.15) is 31.2 Å². The van der Waals surface area contributed by atoms with Gasteiger partial charge in [0, 0.05) is 20.2 Å². The Morgan fingerprint density at radius 1 is 1.10 bits per heavy atom. The smallest absolute Gasteiger partial charge is 0.332 e. The van der Waals surface area contributed by atoms with Gasteiger partial charge in [0.15, 0.2) is 6.61 Å². The number of nitrogens with one attached hydrogen (secondary N) is 1. The van der Waals surface area contributed by atoms with E-state index in [-0.39, 0.29) is 5.82 Å². The lowest BCUT2D eigenvalue weighted by Gasteiger charge is -2.27. The second-order valence-electron chi connectivity index (χ2n) is 7.19. The molecule has 0 spiro atoms. The monoisotopic (exact) mass is 403 g/mol. The number of esters is 1. The normalized spacial score (nSPS) is 15.1. The van der Waals surface area contributed by atoms with E-state index >= 15 is 0 Å². The van der Waals surface area contributed by atoms with Crippen LogP contribution in [0.2, 0.25) is 0 Å². The third-order valence-corrected chi connectivity index (χ3v) is 5.37. The third kappa shape index (κ3) is 3.98. The Balaban J connectivity index is 1.71. The van der Waals surface area contributed by atoms with Gasteiger partial charge in [-0.3, -0.25) is 23.5 Å². The fourth-order valence-corrected chi connectivity index (χ4v) is 3.66. The zero-order valence-electron chi connectivity index (χ0n) is 16.2. The van der Waals surface area contributed by atoms with Gasteiger partial charge in [-0.25, -0.2) is 9.18 Å². The zero-order chi connectivity index (χ0) is 21.2. The lowest BCUT2D eigenvalue weighted by atomic mass is 9.79. The van der Waals surface area contributed by atoms with Crippen LogP contribution in [0.5, 0.6) is 0 Å². The number of carbonyl (C=O) groups excluding carboxylic acids is 2. The maximum atomic E-state index is 13.3. The van der Waals surface area contributed by atoms with E-state index < -0.39 is 41.0 Å². The summed E-state index contributed by atoms with van der Waals surface area (Å²) in [5.41, 5.74) is -1.40. The van der Waals surface area contributed by atoms with Crippen molar-refractivity contribution in [2.75, 3.05) is 11.9 Å². The van der Waals surface area contributed by atoms with Crippen molar-refractivity contribution >= 4 is 17.7 Å². The summed E-state index contributed by atoms with van der Waals surface area (Å²) in [6, 6.07) is 6.84. The van der Waals surface area contributed by atoms with Gasteiger partial charge in [0.1, 0.15) is 11.6 Å². The molecular formula is C20H22FN3O5. The Labute approximate surface area is 165 Å². The number of aromatic nitrogens is 2. The molecule has 0 saturated heterocycles. The van der Waals surface area contributed by atoms with Crippen LogP contribution in [0.25, 0.3) is 0 Å². The van der Waals surface area contributed by atoms with Crippen LogP contribution in [-0.4, -0.2) is 27.6 Å². The van der Waals surface area contributed by atoms with Gasteiger partial charge in [0.2, 0.25) is 0 Å². The SMILES string of the molecule is Cn1c(NC(=O)COC(=O)C2(c3ccc(F)cc3)CCCC2)cc(=O)n(C)c1=O. The van der Waals surface area contributed by atoms with E-state index in [1.165, 1.54) is 26.2 Å². The first-order valence-corrected chi connectivity index (χ1v) is 9.25. The van der Waals surface area contributed by atoms with E-state index in [9.17, 15) is 23.6 Å². The minimum atomic E-state index is -0.899. The van der Waals surface area contributed by atoms with Gasteiger partial charge in [0.25, 0.3) is 11.5 Å². The predicted molar refractivity (Wildman–Crippen MR) is 103 cm³/mol. The van der Waals surface area contributed by atoms with Gasteiger partial charge >= 0.3 is 11.7 Å². The summed E-state index contributed by atoms with van der Waals surface area (Å²) in [6.45, 7) is -0.564. The summed E-state index contributed by atoms with van der Waals surface area (Å²) in [6.07, 6.45) is 2.77. The largest absolute Gasteiger partial charge is 0.455 e. The number of halogens is 1. The molecule has 1 aromatic carbocycles. The average Bonchev–Trinajstić information content (AvgIpc) is 3.20. The second-order valence-corrected chi connectivity index (χ2v) is 7.19. The zero-order valence-corrected chi connectivity index (χ0v) is 16.2. The molecule has 1 amide bonds. The summed E-state index contributed by atoms with van der Waals surface area (Å²) >= 11 is 0. The first kappa shape index (κ1) is 20.5. The number of hydrogen-bond acceptors (Lipinski definition) is 5. The highest BCUT2D eigenvalue weighted by Gasteiger charge is 2.44. The van der Waals surface area contributed by atoms with Crippen molar-refractivity contribution in [1.82, 2.24) is 9.13 Å². The highest BCUT2D eigenvalue weighted by Crippen LogP contribution is 2.42. The molecule has 0 radical (unpaired) electrons. The molecule has 2 aromatic rings. The summed E-state index contributed by atoms with van der Waals surface area (Å²) in [7, 11) is 2.74. The van der Waals surface area contributed by atoms with Crippen molar-refractivity contribution in [3.63, 3.8) is 0 Å². The predicted octanol–water partition coefficient (Wildman–Crippen LogP) is 1.22. The molecule has 1 heterocycles. The minimum Gasteiger partial charge on any atom is -0.455 e. The molecule has 3 rings (SSSR count). The lowest BCUT2D eigenvalue weighted by Crippen LogP contribution is -2.39. The van der Waals surface area contributed by atoms with Crippen LogP contribution >= 0.6 is 0 Å². The summed E-state index contributed by atoms with van der Waals surface area (Å²) in [5, 5.41) is 2.41. The second kappa shape index (κ2) is 8.02. The van der Waals surface area contributed by atoms with Crippen LogP contribution in [-0.2, 0) is 33.8 Å². The topological polar surface area (TPSA) is 99.4 Å². The molecule has 0 atom stereocenters. The maximum Gasteiger partial charge on any atom is 0.332 e. The number of hydrogen-bond donors (Lipinski definition) is 1. The van der Waals surface area contributed by atoms with E-state index in [0.29, 0.717) is 18.4 Å². The lowest BCUT2D eigenvalue weighted by molar-refractivity contribution is -0.153. The quantitative estimate of drug-likeness (QED) is 0.757. The molecule has 154 valence electrons. The Morgan fingerprint density at radius 3 is 2.34 bits per heavy atom. The number of benzene rings is 1. The highest BCUT2D eigenvalue weighted by molar-refractivity contribution is 5.93. The number of ether oxygens (including phenoxy) is 1. The van der Waals surface area contributed by atoms with E-state index in [1.807, 2.05) is 0 Å². The number of amides is 1. The first-order valence-electron chi connectivity index (χ1n) is 9.25. The van der Waals surface area contributed by atoms with E-state index in [4.69, 9.17) is 4.74 Å². The van der Waals surface area contributed by atoms with Gasteiger partial charge < -0.3 is 10.1 Å². The molecule has 1 aromatic heterocycles. The number of nitrogens with zero attached hydrogens (tertiary/aromatic N) is 2. The van der Waals surface area contributed by atoms with Crippen molar-refractivity contribution in [1.29, 1.82) is 0 Å². The fourth-order valence-electron chi connectivity index (χ4n) is 3.66. The molecule has 29 heavy (non-hydrogen) atoms. The number of anilines is 1. The van der Waals surface area contributed by atoms with Gasteiger partial charge in [-0.2, -0.15) is 0 Å². The van der Waals surface area contributed by atoms with Crippen molar-refractivity contribution in [3.8, 4) is 0 Å². The van der Waals surface area contributed by atoms with Crippen LogP contribution in [0.3, 0.4) is 0 Å². The molecule has 8 nitrogen and oxygen atoms in total. The summed E-state index contributed by atoms with van der Waals surface area (Å²) in [5.74, 6) is -1.61. The summed E-state index contributed by atoms with van der Waals surface area (Å²) in [4.78, 5) is 48.7. The molecule has 1 N–H and O–H groups in total. The molecule has 1 saturated carbocycles. The molecule has 9 heteroatoms. The van der Waals surface area contributed by atoms with Crippen molar-refractivity contribution < 1.29 is 18.7 Å². The van der Waals surface area contributed by atoms with Crippen LogP contribution < -0.4 is 16.6 Å². The fraction of sp³-hybridized carbons (Fsp3) is 0.400. The van der Waals surface area contributed by atoms with Gasteiger partial charge in [0.05, 0.1) is 5.41 Å². The van der Waals surface area contributed by atoms with Gasteiger partial charge in [-0.15, -0.1) is 0 Å². The van der Waals surface area contributed by atoms with Crippen LogP contribution in [0.15, 0.2) is 39.9 Å². The average molecular weight is 403 g/mol. The van der Waals surface area contributed by atoms with Gasteiger partial charge in [-0.05, 0) is 30.5 Å². The van der Waals surface area contributed by atoms with Crippen LogP contribution in [0, 0.1) is 5.82 Å². The molecule has 0 aliphatic heterocycles. The summed E-state index contributed by atoms with van der Waals surface area (Å²) < 4.78 is 20.5. The number of rotatable bonds is 5. The van der Waals surface area contributed by atoms with E-state index in [1.54, 1.807) is 12.1 Å². The van der Waals surface area contributed by atoms with Gasteiger partial charge in [-0.1, -0.05) is 25.0 Å². The van der Waals surface area contributed by atoms with Crippen molar-refractivity contribution in [3.05, 3.63) is 62.6 Å². The standard InChI is InChI=1S/C20H22FN3O5/c1-23-15(11-17(26)24(2)19(23)28)22-16(25)12-29-18(27)20(9-3-4-10-20)13-5-7-14(21)8-6-13/h5-8,11H,3-4,9-10,12H2,1-2H3,(H,22,25). The molecule has 1 aliphatic carbocycles. The molecule has 1 fully saturated rings. The molecule has 0 unspecified atom stereocenters. The van der Waals surface area contributed by atoms with Crippen molar-refractivity contribution in [2.45, 2.75) is 31.1 Å². The Morgan fingerprint density at radius 2 is 1.72 bits per heavy atom. The Bertz CT molecular complexity index is 1050. The highest BCUT2D eigenvalue weighted by atomic mass is 19.1. The Hall–Kier alpha value is -3.23. The first-order chi connectivity index (χ1) is 13.7. The molecular weight excluding hydrogens is 381 g/mol. The number of carbonyl (C=O) groups is 2. The minimum absolute atomic E-state index is 0.00765. The van der Waals surface area contributed by atoms with Crippen LogP contribution in [0.4, 0.5) is 10.2 Å². The molecule has 1 aliphatic rings. The maximum absolute atomic E-state index is 13.3. The van der Waals surface area contributed by atoms with E-state index in [0.717, 1.165) is 28.0 Å². The third-order valence-electron chi connectivity index (χ3n) is 5.37. The Kier molecular flexibility index (Phi) is 5.67.